The molecule has 1 unspecified atom stereocenters. The molecule has 0 saturated heterocycles. The number of fused-ring (bicyclic) bond motifs is 1. The monoisotopic (exact) mass is 463 g/mol. The van der Waals surface area contributed by atoms with Gasteiger partial charge >= 0.3 is 12.1 Å². The summed E-state index contributed by atoms with van der Waals surface area (Å²) in [4.78, 5) is 13.6. The number of nitrogens with zero attached hydrogens (tertiary/aromatic N) is 3. The Balaban J connectivity index is 0.000000423. The number of carboxylic acids is 1. The Kier molecular flexibility index (Phi) is 7.84. The second-order valence-electron chi connectivity index (χ2n) is 6.96. The smallest absolute Gasteiger partial charge is 0.475 e. The van der Waals surface area contributed by atoms with E-state index in [0.717, 1.165) is 17.0 Å². The normalized spacial score (nSPS) is 16.9. The molecule has 0 radical (unpaired) electrons. The summed E-state index contributed by atoms with van der Waals surface area (Å²) in [5.74, 6) is -2.77. The van der Waals surface area contributed by atoms with E-state index >= 15 is 0 Å². The molecule has 0 fully saturated rings. The van der Waals surface area contributed by atoms with Gasteiger partial charge in [-0.3, -0.25) is 0 Å². The summed E-state index contributed by atoms with van der Waals surface area (Å²) in [6, 6.07) is 6.97. The van der Waals surface area contributed by atoms with Crippen LogP contribution in [0.5, 0.6) is 0 Å². The zero-order valence-corrected chi connectivity index (χ0v) is 18.1. The molecule has 8 nitrogen and oxygen atoms in total. The van der Waals surface area contributed by atoms with E-state index in [-0.39, 0.29) is 5.92 Å². The summed E-state index contributed by atoms with van der Waals surface area (Å²) in [5, 5.41) is 7.12. The molecule has 1 aromatic heterocycles. The van der Waals surface area contributed by atoms with Crippen molar-refractivity contribution in [2.24, 2.45) is 7.05 Å². The number of alkyl halides is 3. The number of halogens is 3. The van der Waals surface area contributed by atoms with Crippen LogP contribution >= 0.6 is 0 Å². The summed E-state index contributed by atoms with van der Waals surface area (Å²) >= 11 is 0. The topological polar surface area (TPSA) is 102 Å². The molecule has 1 N–H and O–H groups in total. The SMILES string of the molecule is CCOCC1CN(S(=O)(=O)c2ccc(C)cc2)Cc2ncn(C)c21.O=C(O)C(F)(F)F. The minimum Gasteiger partial charge on any atom is -0.475 e. The summed E-state index contributed by atoms with van der Waals surface area (Å²) in [6.07, 6.45) is -3.34. The molecule has 0 spiro atoms. The minimum atomic E-state index is -5.08. The number of ether oxygens (including phenoxy) is 1. The van der Waals surface area contributed by atoms with Crippen molar-refractivity contribution < 1.29 is 36.2 Å². The van der Waals surface area contributed by atoms with Crippen LogP contribution in [0, 0.1) is 6.92 Å². The van der Waals surface area contributed by atoms with Gasteiger partial charge in [-0.25, -0.2) is 18.2 Å². The highest BCUT2D eigenvalue weighted by Gasteiger charge is 2.38. The highest BCUT2D eigenvalue weighted by Crippen LogP contribution is 2.31. The van der Waals surface area contributed by atoms with Crippen molar-refractivity contribution in [2.75, 3.05) is 19.8 Å². The number of aryl methyl sites for hydroxylation is 2. The molecule has 0 amide bonds. The Labute approximate surface area is 178 Å². The number of rotatable bonds is 5. The van der Waals surface area contributed by atoms with Crippen molar-refractivity contribution in [3.8, 4) is 0 Å². The third kappa shape index (κ3) is 6.05. The van der Waals surface area contributed by atoms with Crippen LogP contribution in [0.2, 0.25) is 0 Å². The fourth-order valence-electron chi connectivity index (χ4n) is 3.13. The van der Waals surface area contributed by atoms with Crippen LogP contribution in [0.25, 0.3) is 0 Å². The maximum Gasteiger partial charge on any atom is 0.490 e. The predicted octanol–water partition coefficient (Wildman–Crippen LogP) is 2.69. The standard InChI is InChI=1S/C17H23N3O3S.C2HF3O2/c1-4-23-11-14-9-20(10-16-17(14)19(3)12-18-16)24(21,22)15-7-5-13(2)6-8-15;3-2(4,5)1(6)7/h5-8,12,14H,4,9-11H2,1-3H3;(H,6,7). The lowest BCUT2D eigenvalue weighted by molar-refractivity contribution is -0.192. The number of carboxylic acid groups (broad SMARTS) is 1. The first-order valence-corrected chi connectivity index (χ1v) is 10.8. The van der Waals surface area contributed by atoms with Gasteiger partial charge in [0.2, 0.25) is 10.0 Å². The van der Waals surface area contributed by atoms with Gasteiger partial charge in [-0.2, -0.15) is 17.5 Å². The van der Waals surface area contributed by atoms with Crippen molar-refractivity contribution in [2.45, 2.75) is 37.4 Å². The van der Waals surface area contributed by atoms with Crippen molar-refractivity contribution in [1.82, 2.24) is 13.9 Å². The first-order chi connectivity index (χ1) is 14.4. The van der Waals surface area contributed by atoms with Crippen molar-refractivity contribution >= 4 is 16.0 Å². The Bertz CT molecular complexity index is 1000. The molecule has 3 rings (SSSR count). The number of hydrogen-bond acceptors (Lipinski definition) is 5. The number of hydrogen-bond donors (Lipinski definition) is 1. The number of carbonyl (C=O) groups is 1. The van der Waals surface area contributed by atoms with Gasteiger partial charge in [-0.05, 0) is 26.0 Å². The lowest BCUT2D eigenvalue weighted by atomic mass is 10.0. The third-order valence-electron chi connectivity index (χ3n) is 4.62. The molecule has 172 valence electrons. The van der Waals surface area contributed by atoms with Crippen LogP contribution in [0.15, 0.2) is 35.5 Å². The van der Waals surface area contributed by atoms with E-state index in [4.69, 9.17) is 14.6 Å². The fourth-order valence-corrected chi connectivity index (χ4v) is 4.58. The van der Waals surface area contributed by atoms with E-state index in [1.165, 1.54) is 4.31 Å². The molecule has 0 aliphatic carbocycles. The molecule has 31 heavy (non-hydrogen) atoms. The molecular formula is C19H24F3N3O5S. The Morgan fingerprint density at radius 1 is 1.29 bits per heavy atom. The molecule has 1 aromatic carbocycles. The lowest BCUT2D eigenvalue weighted by Gasteiger charge is -2.32. The largest absolute Gasteiger partial charge is 0.490 e. The Morgan fingerprint density at radius 3 is 2.39 bits per heavy atom. The molecule has 0 saturated carbocycles. The van der Waals surface area contributed by atoms with Gasteiger partial charge in [0, 0.05) is 31.8 Å². The maximum atomic E-state index is 13.0. The molecule has 0 bridgehead atoms. The molecule has 2 heterocycles. The summed E-state index contributed by atoms with van der Waals surface area (Å²) < 4.78 is 66.8. The van der Waals surface area contributed by atoms with Gasteiger partial charge in [0.05, 0.1) is 30.1 Å². The van der Waals surface area contributed by atoms with Gasteiger partial charge in [-0.1, -0.05) is 17.7 Å². The van der Waals surface area contributed by atoms with E-state index in [1.54, 1.807) is 18.5 Å². The number of imidazole rings is 1. The van der Waals surface area contributed by atoms with E-state index in [9.17, 15) is 21.6 Å². The van der Waals surface area contributed by atoms with Gasteiger partial charge in [0.15, 0.2) is 0 Å². The van der Waals surface area contributed by atoms with E-state index in [2.05, 4.69) is 4.98 Å². The summed E-state index contributed by atoms with van der Waals surface area (Å²) in [5.41, 5.74) is 2.91. The third-order valence-corrected chi connectivity index (χ3v) is 6.45. The van der Waals surface area contributed by atoms with Crippen LogP contribution in [0.3, 0.4) is 0 Å². The highest BCUT2D eigenvalue weighted by atomic mass is 32.2. The quantitative estimate of drug-likeness (QED) is 0.732. The Hall–Kier alpha value is -2.44. The summed E-state index contributed by atoms with van der Waals surface area (Å²) in [7, 11) is -1.60. The first kappa shape index (κ1) is 24.8. The molecule has 2 aromatic rings. The first-order valence-electron chi connectivity index (χ1n) is 9.32. The van der Waals surface area contributed by atoms with E-state index in [1.807, 2.05) is 37.6 Å². The summed E-state index contributed by atoms with van der Waals surface area (Å²) in [6.45, 7) is 5.68. The van der Waals surface area contributed by atoms with E-state index < -0.39 is 22.2 Å². The molecule has 1 aliphatic rings. The fraction of sp³-hybridized carbons (Fsp3) is 0.474. The highest BCUT2D eigenvalue weighted by molar-refractivity contribution is 7.89. The predicted molar refractivity (Wildman–Crippen MR) is 105 cm³/mol. The van der Waals surface area contributed by atoms with Crippen molar-refractivity contribution in [3.63, 3.8) is 0 Å². The molecule has 12 heteroatoms. The average molecular weight is 463 g/mol. The van der Waals surface area contributed by atoms with Crippen LogP contribution < -0.4 is 0 Å². The number of sulfonamides is 1. The number of aromatic nitrogens is 2. The zero-order valence-electron chi connectivity index (χ0n) is 17.3. The Morgan fingerprint density at radius 2 is 1.87 bits per heavy atom. The molecule has 1 aliphatic heterocycles. The zero-order chi connectivity index (χ0) is 23.4. The van der Waals surface area contributed by atoms with Crippen molar-refractivity contribution in [3.05, 3.63) is 47.5 Å². The van der Waals surface area contributed by atoms with Gasteiger partial charge in [0.1, 0.15) is 0 Å². The van der Waals surface area contributed by atoms with E-state index in [0.29, 0.717) is 31.2 Å². The number of benzene rings is 1. The van der Waals surface area contributed by atoms with Crippen LogP contribution in [-0.2, 0) is 33.1 Å². The van der Waals surface area contributed by atoms with Crippen LogP contribution in [0.4, 0.5) is 13.2 Å². The second kappa shape index (κ2) is 9.79. The van der Waals surface area contributed by atoms with Crippen molar-refractivity contribution in [1.29, 1.82) is 0 Å². The number of aliphatic carboxylic acids is 1. The molecular weight excluding hydrogens is 439 g/mol. The molecule has 1 atom stereocenters. The van der Waals surface area contributed by atoms with Gasteiger partial charge in [0.25, 0.3) is 0 Å². The average Bonchev–Trinajstić information content (AvgIpc) is 3.07. The maximum absolute atomic E-state index is 13.0. The van der Waals surface area contributed by atoms with Crippen LogP contribution in [0.1, 0.15) is 29.8 Å². The minimum absolute atomic E-state index is 0.0126. The van der Waals surface area contributed by atoms with Gasteiger partial charge < -0.3 is 14.4 Å². The lowest BCUT2D eigenvalue weighted by Crippen LogP contribution is -2.40. The second-order valence-corrected chi connectivity index (χ2v) is 8.90. The van der Waals surface area contributed by atoms with Crippen LogP contribution in [-0.4, -0.2) is 59.3 Å². The van der Waals surface area contributed by atoms with Gasteiger partial charge in [-0.15, -0.1) is 0 Å².